The van der Waals surface area contributed by atoms with Crippen LogP contribution in [-0.2, 0) is 33.1 Å². The molecule has 8 nitrogen and oxygen atoms in total. The van der Waals surface area contributed by atoms with Crippen molar-refractivity contribution in [3.05, 3.63) is 78.2 Å². The number of ether oxygens (including phenoxy) is 1. The van der Waals surface area contributed by atoms with Gasteiger partial charge in [0.15, 0.2) is 0 Å². The second-order valence-electron chi connectivity index (χ2n) is 9.28. The summed E-state index contributed by atoms with van der Waals surface area (Å²) in [5.74, 6) is 1.10. The maximum absolute atomic E-state index is 12.6. The maximum atomic E-state index is 12.6. The Morgan fingerprint density at radius 2 is 1.57 bits per heavy atom. The first kappa shape index (κ1) is 25.2. The van der Waals surface area contributed by atoms with Crippen LogP contribution >= 0.6 is 31.9 Å². The zero-order chi connectivity index (χ0) is 26.3. The molecule has 0 spiro atoms. The molecule has 3 heterocycles. The molecule has 6 rings (SSSR count). The molecule has 12 heteroatoms. The first-order valence-electron chi connectivity index (χ1n) is 11.5. The highest BCUT2D eigenvalue weighted by atomic mass is 79.9. The zero-order valence-corrected chi connectivity index (χ0v) is 24.0. The Kier molecular flexibility index (Phi) is 5.94. The summed E-state index contributed by atoms with van der Waals surface area (Å²) in [5, 5.41) is 1.84. The van der Waals surface area contributed by atoms with E-state index in [1.165, 1.54) is 11.4 Å². The summed E-state index contributed by atoms with van der Waals surface area (Å²) >= 11 is 7.07. The van der Waals surface area contributed by atoms with E-state index in [2.05, 4.69) is 36.4 Å². The first-order chi connectivity index (χ1) is 17.4. The Morgan fingerprint density at radius 1 is 0.838 bits per heavy atom. The van der Waals surface area contributed by atoms with E-state index in [9.17, 15) is 25.9 Å². The predicted octanol–water partition coefficient (Wildman–Crippen LogP) is 3.44. The average molecular weight is 670 g/mol. The van der Waals surface area contributed by atoms with Crippen LogP contribution in [0.5, 0.6) is 11.5 Å². The number of aryl methyl sites for hydroxylation is 1. The van der Waals surface area contributed by atoms with Crippen LogP contribution in [0.15, 0.2) is 55.1 Å². The second kappa shape index (κ2) is 8.72. The van der Waals surface area contributed by atoms with E-state index < -0.39 is 30.0 Å². The molecule has 0 saturated heterocycles. The molecule has 0 aromatic heterocycles. The van der Waals surface area contributed by atoms with Gasteiger partial charge in [0, 0.05) is 44.8 Å². The minimum Gasteiger partial charge on any atom is -0.454 e. The monoisotopic (exact) mass is 668 g/mol. The van der Waals surface area contributed by atoms with Gasteiger partial charge >= 0.3 is 0 Å². The molecule has 3 aromatic carbocycles. The van der Waals surface area contributed by atoms with E-state index in [-0.39, 0.29) is 5.56 Å². The van der Waals surface area contributed by atoms with Gasteiger partial charge in [-0.1, -0.05) is 22.0 Å². The predicted molar refractivity (Wildman–Crippen MR) is 143 cm³/mol. The Hall–Kier alpha value is -2.09. The molecule has 3 aromatic rings. The standard InChI is InChI=1S/C25H19Br2NO7S2/c26-14-10-19-22(16-6-5-15(36(29,30)31)12-21(16)37(32,33)34)18-9-13-3-1-7-28-8-2-4-17(23(13)28)24(18)35-25(19)20(27)11-14/h5-6,9-12H,1-4,7-8H2,(H-,29,30,31,32,33,34)/p+1. The summed E-state index contributed by atoms with van der Waals surface area (Å²) in [5.41, 5.74) is 3.34. The van der Waals surface area contributed by atoms with Crippen LogP contribution in [0.25, 0.3) is 5.57 Å². The lowest BCUT2D eigenvalue weighted by molar-refractivity contribution is 0.435. The highest BCUT2D eigenvalue weighted by Gasteiger charge is 2.33. The van der Waals surface area contributed by atoms with Crippen molar-refractivity contribution in [2.24, 2.45) is 0 Å². The molecule has 3 aliphatic rings. The van der Waals surface area contributed by atoms with Crippen LogP contribution in [0.2, 0.25) is 0 Å². The van der Waals surface area contributed by atoms with Gasteiger partial charge in [0.1, 0.15) is 29.5 Å². The van der Waals surface area contributed by atoms with Gasteiger partial charge in [-0.2, -0.15) is 16.8 Å². The minimum atomic E-state index is -4.89. The first-order valence-corrected chi connectivity index (χ1v) is 16.0. The lowest BCUT2D eigenvalue weighted by Gasteiger charge is -2.27. The van der Waals surface area contributed by atoms with Gasteiger partial charge in [0.25, 0.3) is 20.2 Å². The van der Waals surface area contributed by atoms with Gasteiger partial charge in [0.05, 0.1) is 14.9 Å². The van der Waals surface area contributed by atoms with Gasteiger partial charge in [-0.15, -0.1) is 0 Å². The maximum Gasteiger partial charge on any atom is 0.295 e. The normalized spacial score (nSPS) is 16.5. The molecule has 0 fully saturated rings. The molecule has 0 atom stereocenters. The lowest BCUT2D eigenvalue weighted by atomic mass is 9.87. The van der Waals surface area contributed by atoms with Gasteiger partial charge < -0.3 is 4.74 Å². The van der Waals surface area contributed by atoms with Gasteiger partial charge in [-0.3, -0.25) is 9.11 Å². The van der Waals surface area contributed by atoms with Crippen molar-refractivity contribution in [3.63, 3.8) is 0 Å². The molecule has 2 N–H and O–H groups in total. The number of rotatable bonds is 3. The Bertz CT molecular complexity index is 1880. The van der Waals surface area contributed by atoms with E-state index in [1.807, 2.05) is 12.1 Å². The summed E-state index contributed by atoms with van der Waals surface area (Å²) in [7, 11) is -9.61. The SMILES string of the molecule is O=S(=O)(O)c1ccc(C2=c3cc4c5c(c3Oc3c(Br)cc(Br)cc32)CCC[N+]=5CCC4)c(S(=O)(=O)O)c1. The zero-order valence-electron chi connectivity index (χ0n) is 19.2. The highest BCUT2D eigenvalue weighted by Crippen LogP contribution is 2.45. The molecular weight excluding hydrogens is 650 g/mol. The van der Waals surface area contributed by atoms with E-state index in [4.69, 9.17) is 4.74 Å². The highest BCUT2D eigenvalue weighted by molar-refractivity contribution is 9.11. The number of fused-ring (bicyclic) bond motifs is 3. The lowest BCUT2D eigenvalue weighted by Crippen LogP contribution is -2.45. The molecule has 0 amide bonds. The largest absolute Gasteiger partial charge is 0.454 e. The number of benzene rings is 3. The number of hydrogen-bond acceptors (Lipinski definition) is 5. The number of nitrogens with zero attached hydrogens (tertiary/aromatic N) is 1. The van der Waals surface area contributed by atoms with Crippen molar-refractivity contribution < 1.29 is 30.7 Å². The quantitative estimate of drug-likeness (QED) is 0.253. The van der Waals surface area contributed by atoms with Crippen molar-refractivity contribution in [2.75, 3.05) is 13.1 Å². The molecule has 37 heavy (non-hydrogen) atoms. The fraction of sp³-hybridized carbons (Fsp3) is 0.240. The van der Waals surface area contributed by atoms with E-state index in [0.29, 0.717) is 36.8 Å². The molecule has 0 saturated carbocycles. The van der Waals surface area contributed by atoms with Gasteiger partial charge in [0.2, 0.25) is 5.36 Å². The van der Waals surface area contributed by atoms with Crippen molar-refractivity contribution >= 4 is 57.7 Å². The summed E-state index contributed by atoms with van der Waals surface area (Å²) in [6.45, 7) is 1.93. The third-order valence-corrected chi connectivity index (χ3v) is 9.81. The fourth-order valence-corrected chi connectivity index (χ4v) is 8.21. The summed E-state index contributed by atoms with van der Waals surface area (Å²) < 4.78 is 78.7. The Balaban J connectivity index is 1.83. The van der Waals surface area contributed by atoms with Crippen molar-refractivity contribution in [1.29, 1.82) is 0 Å². The summed E-state index contributed by atoms with van der Waals surface area (Å²) in [4.78, 5) is -1.26. The molecule has 3 aliphatic heterocycles. The average Bonchev–Trinajstić information content (AvgIpc) is 2.82. The van der Waals surface area contributed by atoms with Crippen LogP contribution in [0, 0.1) is 0 Å². The van der Waals surface area contributed by atoms with Crippen molar-refractivity contribution in [2.45, 2.75) is 35.5 Å². The van der Waals surface area contributed by atoms with Crippen molar-refractivity contribution in [3.8, 4) is 11.5 Å². The van der Waals surface area contributed by atoms with Crippen LogP contribution in [0.3, 0.4) is 0 Å². The molecule has 0 aliphatic carbocycles. The topological polar surface area (TPSA) is 121 Å². The Labute approximate surface area is 230 Å². The summed E-state index contributed by atoms with van der Waals surface area (Å²) in [6, 6.07) is 8.83. The molecule has 0 radical (unpaired) electrons. The molecule has 0 unspecified atom stereocenters. The Morgan fingerprint density at radius 3 is 2.27 bits per heavy atom. The van der Waals surface area contributed by atoms with Crippen LogP contribution in [0.4, 0.5) is 0 Å². The smallest absolute Gasteiger partial charge is 0.295 e. The van der Waals surface area contributed by atoms with E-state index >= 15 is 0 Å². The third-order valence-electron chi connectivity index (χ3n) is 7.02. The van der Waals surface area contributed by atoms with Gasteiger partial charge in [-0.05, 0) is 59.1 Å². The van der Waals surface area contributed by atoms with Crippen molar-refractivity contribution in [1.82, 2.24) is 4.58 Å². The molecule has 192 valence electrons. The number of hydrogen-bond donors (Lipinski definition) is 2. The van der Waals surface area contributed by atoms with Crippen LogP contribution in [0.1, 0.15) is 35.1 Å². The fourth-order valence-electron chi connectivity index (χ4n) is 5.60. The van der Waals surface area contributed by atoms with E-state index in [0.717, 1.165) is 62.0 Å². The third kappa shape index (κ3) is 4.18. The van der Waals surface area contributed by atoms with Crippen LogP contribution in [-0.4, -0.2) is 39.0 Å². The second-order valence-corrected chi connectivity index (χ2v) is 13.9. The molecular formula is C25H20Br2NO7S2+. The van der Waals surface area contributed by atoms with Crippen LogP contribution < -0.4 is 19.9 Å². The molecule has 0 bridgehead atoms. The number of halogens is 2. The van der Waals surface area contributed by atoms with Gasteiger partial charge in [-0.25, -0.2) is 4.58 Å². The van der Waals surface area contributed by atoms with E-state index in [1.54, 1.807) is 6.07 Å². The minimum absolute atomic E-state index is 0.0984. The summed E-state index contributed by atoms with van der Waals surface area (Å²) in [6.07, 6.45) is 3.61.